The van der Waals surface area contributed by atoms with E-state index in [0.29, 0.717) is 0 Å². The van der Waals surface area contributed by atoms with E-state index in [1.165, 1.54) is 6.20 Å². The Labute approximate surface area is 81.2 Å². The second kappa shape index (κ2) is 3.55. The van der Waals surface area contributed by atoms with Crippen molar-refractivity contribution in [2.75, 3.05) is 0 Å². The second-order valence-electron chi connectivity index (χ2n) is 3.35. The van der Waals surface area contributed by atoms with Gasteiger partial charge in [-0.1, -0.05) is 5.11 Å². The molecule has 5 heteroatoms. The van der Waals surface area contributed by atoms with Crippen LogP contribution in [-0.4, -0.2) is 0 Å². The lowest BCUT2D eigenvalue weighted by Crippen LogP contribution is -2.34. The van der Waals surface area contributed by atoms with Crippen LogP contribution in [0.5, 0.6) is 0 Å². The van der Waals surface area contributed by atoms with Crippen LogP contribution in [-0.2, 0) is 6.42 Å². The van der Waals surface area contributed by atoms with E-state index in [1.54, 1.807) is 6.07 Å². The van der Waals surface area contributed by atoms with Gasteiger partial charge < -0.3 is 5.21 Å². The summed E-state index contributed by atoms with van der Waals surface area (Å²) in [5.74, 6) is 0. The molecule has 1 aliphatic carbocycles. The van der Waals surface area contributed by atoms with Gasteiger partial charge in [0.1, 0.15) is 0 Å². The van der Waals surface area contributed by atoms with E-state index in [4.69, 9.17) is 5.53 Å². The molecular weight excluding hydrogens is 180 g/mol. The molecule has 1 aromatic heterocycles. The number of pyridine rings is 1. The molecule has 0 radical (unpaired) electrons. The van der Waals surface area contributed by atoms with Crippen LogP contribution in [0.2, 0.25) is 0 Å². The predicted molar refractivity (Wildman–Crippen MR) is 50.2 cm³/mol. The van der Waals surface area contributed by atoms with Crippen LogP contribution in [0.1, 0.15) is 30.1 Å². The van der Waals surface area contributed by atoms with E-state index in [2.05, 4.69) is 10.0 Å². The smallest absolute Gasteiger partial charge is 0.196 e. The van der Waals surface area contributed by atoms with E-state index in [0.717, 1.165) is 35.3 Å². The number of hydrogen-bond acceptors (Lipinski definition) is 2. The molecule has 1 atom stereocenters. The summed E-state index contributed by atoms with van der Waals surface area (Å²) in [6.45, 7) is 0. The summed E-state index contributed by atoms with van der Waals surface area (Å²) >= 11 is 0. The van der Waals surface area contributed by atoms with Crippen LogP contribution in [0.15, 0.2) is 23.4 Å². The molecule has 0 spiro atoms. The summed E-state index contributed by atoms with van der Waals surface area (Å²) in [4.78, 5) is 2.80. The highest BCUT2D eigenvalue weighted by molar-refractivity contribution is 5.23. The molecule has 0 amide bonds. The van der Waals surface area contributed by atoms with E-state index in [9.17, 15) is 5.21 Å². The molecule has 2 rings (SSSR count). The first-order chi connectivity index (χ1) is 6.83. The number of nitrogens with zero attached hydrogens (tertiary/aromatic N) is 4. The largest absolute Gasteiger partial charge is 0.618 e. The zero-order valence-electron chi connectivity index (χ0n) is 7.63. The number of azide groups is 1. The zero-order chi connectivity index (χ0) is 9.97. The number of rotatable bonds is 1. The third-order valence-corrected chi connectivity index (χ3v) is 2.54. The van der Waals surface area contributed by atoms with E-state index in [-0.39, 0.29) is 6.04 Å². The van der Waals surface area contributed by atoms with Gasteiger partial charge in [0.2, 0.25) is 0 Å². The number of aromatic nitrogens is 1. The Kier molecular flexibility index (Phi) is 2.24. The van der Waals surface area contributed by atoms with Crippen LogP contribution < -0.4 is 4.73 Å². The van der Waals surface area contributed by atoms with Crippen molar-refractivity contribution in [2.45, 2.75) is 25.3 Å². The Balaban J connectivity index is 2.49. The van der Waals surface area contributed by atoms with Gasteiger partial charge in [0.05, 0.1) is 6.04 Å². The highest BCUT2D eigenvalue weighted by atomic mass is 16.5. The van der Waals surface area contributed by atoms with E-state index in [1.807, 2.05) is 6.07 Å². The molecule has 14 heavy (non-hydrogen) atoms. The van der Waals surface area contributed by atoms with Gasteiger partial charge in [0.25, 0.3) is 0 Å². The summed E-state index contributed by atoms with van der Waals surface area (Å²) in [6, 6.07) is 3.39. The molecule has 0 fully saturated rings. The van der Waals surface area contributed by atoms with Gasteiger partial charge in [-0.2, -0.15) is 4.73 Å². The van der Waals surface area contributed by atoms with E-state index >= 15 is 0 Å². The molecule has 0 saturated heterocycles. The van der Waals surface area contributed by atoms with Crippen molar-refractivity contribution in [1.29, 1.82) is 0 Å². The number of fused-ring (bicyclic) bond motifs is 1. The average molecular weight is 190 g/mol. The Morgan fingerprint density at radius 1 is 1.64 bits per heavy atom. The standard InChI is InChI=1S/C9H10N4O/c10-12-11-8-4-1-5-9-7(8)3-2-6-13(9)14/h2-3,6,8H,1,4-5H2/t8-/m0/s1. The molecule has 72 valence electrons. The minimum atomic E-state index is -0.162. The first-order valence-corrected chi connectivity index (χ1v) is 4.58. The Morgan fingerprint density at radius 3 is 3.29 bits per heavy atom. The van der Waals surface area contributed by atoms with Gasteiger partial charge in [-0.15, -0.1) is 0 Å². The number of hydrogen-bond donors (Lipinski definition) is 0. The molecular formula is C9H10N4O. The molecule has 0 aliphatic heterocycles. The van der Waals surface area contributed by atoms with Crippen LogP contribution in [0, 0.1) is 5.21 Å². The maximum Gasteiger partial charge on any atom is 0.196 e. The highest BCUT2D eigenvalue weighted by Crippen LogP contribution is 2.30. The molecule has 5 nitrogen and oxygen atoms in total. The van der Waals surface area contributed by atoms with Crippen LogP contribution in [0.25, 0.3) is 10.4 Å². The third kappa shape index (κ3) is 1.38. The zero-order valence-corrected chi connectivity index (χ0v) is 7.63. The lowest BCUT2D eigenvalue weighted by atomic mass is 9.92. The van der Waals surface area contributed by atoms with Crippen molar-refractivity contribution < 1.29 is 4.73 Å². The van der Waals surface area contributed by atoms with Crippen molar-refractivity contribution in [3.05, 3.63) is 45.2 Å². The lowest BCUT2D eigenvalue weighted by molar-refractivity contribution is -0.615. The van der Waals surface area contributed by atoms with Crippen molar-refractivity contribution >= 4 is 0 Å². The van der Waals surface area contributed by atoms with Crippen LogP contribution in [0.3, 0.4) is 0 Å². The molecule has 1 aromatic rings. The topological polar surface area (TPSA) is 75.7 Å². The van der Waals surface area contributed by atoms with Gasteiger partial charge in [0, 0.05) is 23.0 Å². The third-order valence-electron chi connectivity index (χ3n) is 2.54. The highest BCUT2D eigenvalue weighted by Gasteiger charge is 2.24. The summed E-state index contributed by atoms with van der Waals surface area (Å²) in [6.07, 6.45) is 4.00. The Bertz CT molecular complexity index is 398. The predicted octanol–water partition coefficient (Wildman–Crippen LogP) is 2.01. The average Bonchev–Trinajstić information content (AvgIpc) is 2.20. The first-order valence-electron chi connectivity index (χ1n) is 4.58. The van der Waals surface area contributed by atoms with Gasteiger partial charge in [0.15, 0.2) is 11.9 Å². The summed E-state index contributed by atoms with van der Waals surface area (Å²) in [5, 5.41) is 15.1. The molecule has 1 aliphatic rings. The fraction of sp³-hybridized carbons (Fsp3) is 0.444. The minimum absolute atomic E-state index is 0.162. The molecule has 0 saturated carbocycles. The second-order valence-corrected chi connectivity index (χ2v) is 3.35. The van der Waals surface area contributed by atoms with Crippen molar-refractivity contribution in [2.24, 2.45) is 5.11 Å². The van der Waals surface area contributed by atoms with Gasteiger partial charge >= 0.3 is 0 Å². The molecule has 0 aromatic carbocycles. The maximum absolute atomic E-state index is 11.4. The molecule has 0 unspecified atom stereocenters. The normalized spacial score (nSPS) is 19.6. The molecule has 1 heterocycles. The SMILES string of the molecule is [N-]=[N+]=N[C@H]1CCCc2c1ccc[n+]2[O-]. The van der Waals surface area contributed by atoms with Gasteiger partial charge in [-0.05, 0) is 24.4 Å². The maximum atomic E-state index is 11.4. The van der Waals surface area contributed by atoms with Crippen LogP contribution >= 0.6 is 0 Å². The monoisotopic (exact) mass is 190 g/mol. The summed E-state index contributed by atoms with van der Waals surface area (Å²) in [5.41, 5.74) is 10.0. The fourth-order valence-electron chi connectivity index (χ4n) is 1.90. The van der Waals surface area contributed by atoms with E-state index < -0.39 is 0 Å². The Hall–Kier alpha value is -1.74. The first kappa shape index (κ1) is 8.84. The van der Waals surface area contributed by atoms with Crippen molar-refractivity contribution in [3.8, 4) is 0 Å². The van der Waals surface area contributed by atoms with Crippen LogP contribution in [0.4, 0.5) is 0 Å². The Morgan fingerprint density at radius 2 is 2.50 bits per heavy atom. The van der Waals surface area contributed by atoms with Gasteiger partial charge in [-0.3, -0.25) is 0 Å². The summed E-state index contributed by atoms with van der Waals surface area (Å²) < 4.78 is 0.869. The van der Waals surface area contributed by atoms with Crippen molar-refractivity contribution in [1.82, 2.24) is 0 Å². The molecule has 0 bridgehead atoms. The summed E-state index contributed by atoms with van der Waals surface area (Å²) in [7, 11) is 0. The van der Waals surface area contributed by atoms with Gasteiger partial charge in [-0.25, -0.2) is 0 Å². The van der Waals surface area contributed by atoms with Crippen molar-refractivity contribution in [3.63, 3.8) is 0 Å². The molecule has 0 N–H and O–H groups in total. The minimum Gasteiger partial charge on any atom is -0.618 e. The fourth-order valence-corrected chi connectivity index (χ4v) is 1.90. The lowest BCUT2D eigenvalue weighted by Gasteiger charge is -2.19. The quantitative estimate of drug-likeness (QED) is 0.219.